The van der Waals surface area contributed by atoms with Crippen LogP contribution in [0.15, 0.2) is 76.4 Å². The van der Waals surface area contributed by atoms with Crippen molar-refractivity contribution in [3.8, 4) is 17.2 Å². The van der Waals surface area contributed by atoms with Crippen LogP contribution in [0.2, 0.25) is 5.02 Å². The van der Waals surface area contributed by atoms with Gasteiger partial charge in [0.1, 0.15) is 5.82 Å². The topological polar surface area (TPSA) is 109 Å². The van der Waals surface area contributed by atoms with Gasteiger partial charge in [0.25, 0.3) is 5.91 Å². The molecule has 3 aromatic carbocycles. The first-order valence-electron chi connectivity index (χ1n) is 12.5. The normalized spacial score (nSPS) is 15.2. The minimum atomic E-state index is -1.03. The molecule has 1 amide bonds. The first-order valence-corrected chi connectivity index (χ1v) is 12.9. The summed E-state index contributed by atoms with van der Waals surface area (Å²) in [5.41, 5.74) is 1.28. The lowest BCUT2D eigenvalue weighted by molar-refractivity contribution is -0.129. The number of ether oxygens (including phenoxy) is 2. The number of methoxy groups -OCH3 is 1. The molecule has 206 valence electrons. The van der Waals surface area contributed by atoms with Crippen molar-refractivity contribution in [3.63, 3.8) is 0 Å². The molecule has 1 atom stereocenters. The van der Waals surface area contributed by atoms with Crippen molar-refractivity contribution in [2.75, 3.05) is 20.3 Å². The van der Waals surface area contributed by atoms with Crippen LogP contribution in [0.3, 0.4) is 0 Å². The molecule has 8 nitrogen and oxygen atoms in total. The zero-order valence-electron chi connectivity index (χ0n) is 21.6. The predicted molar refractivity (Wildman–Crippen MR) is 146 cm³/mol. The van der Waals surface area contributed by atoms with E-state index in [1.54, 1.807) is 37.3 Å². The van der Waals surface area contributed by atoms with Gasteiger partial charge in [-0.05, 0) is 60.9 Å². The number of phenolic OH excluding ortho intramolecular Hbond substituents is 1. The van der Waals surface area contributed by atoms with E-state index in [1.165, 1.54) is 42.3 Å². The number of carbonyl (C=O) groups excluding carboxylic acids is 2. The maximum atomic E-state index is 13.9. The first-order chi connectivity index (χ1) is 19.2. The number of phenols is 1. The Morgan fingerprint density at radius 3 is 2.52 bits per heavy atom. The summed E-state index contributed by atoms with van der Waals surface area (Å²) in [6.45, 7) is 2.12. The molecule has 1 aromatic heterocycles. The summed E-state index contributed by atoms with van der Waals surface area (Å²) in [5, 5.41) is 22.2. The smallest absolute Gasteiger partial charge is 0.290 e. The van der Waals surface area contributed by atoms with E-state index >= 15 is 0 Å². The average Bonchev–Trinajstić information content (AvgIpc) is 3.47. The highest BCUT2D eigenvalue weighted by atomic mass is 35.5. The van der Waals surface area contributed by atoms with E-state index in [1.807, 2.05) is 0 Å². The minimum Gasteiger partial charge on any atom is -0.504 e. The number of nitrogens with zero attached hydrogens (tertiary/aromatic N) is 1. The van der Waals surface area contributed by atoms with Crippen molar-refractivity contribution < 1.29 is 38.1 Å². The molecule has 0 aliphatic carbocycles. The lowest BCUT2D eigenvalue weighted by Crippen LogP contribution is -2.33. The van der Waals surface area contributed by atoms with Crippen LogP contribution in [-0.2, 0) is 11.2 Å². The lowest BCUT2D eigenvalue weighted by atomic mass is 9.94. The van der Waals surface area contributed by atoms with Gasteiger partial charge in [0, 0.05) is 23.0 Å². The number of benzene rings is 3. The van der Waals surface area contributed by atoms with Gasteiger partial charge in [-0.3, -0.25) is 9.59 Å². The first kappa shape index (κ1) is 27.1. The standard InChI is InChI=1S/C30H25ClFNO7/c1-3-39-22-13-17(6-9-21(22)34)26-25(27(35)23-14-18-12-19(31)15-24(38-2)29(18)40-23)28(36)30(37)33(26)11-10-16-4-7-20(32)8-5-16/h4-9,12-15,26,34,36H,3,10-11H2,1-2H3. The van der Waals surface area contributed by atoms with Gasteiger partial charge in [-0.1, -0.05) is 29.8 Å². The lowest BCUT2D eigenvalue weighted by Gasteiger charge is -2.27. The van der Waals surface area contributed by atoms with E-state index in [-0.39, 0.29) is 47.4 Å². The Bertz CT molecular complexity index is 1640. The molecule has 1 aliphatic rings. The molecule has 1 aliphatic heterocycles. The van der Waals surface area contributed by atoms with Crippen LogP contribution in [0, 0.1) is 5.82 Å². The fourth-order valence-electron chi connectivity index (χ4n) is 4.82. The van der Waals surface area contributed by atoms with E-state index < -0.39 is 23.5 Å². The van der Waals surface area contributed by atoms with Gasteiger partial charge in [0.2, 0.25) is 5.78 Å². The highest BCUT2D eigenvalue weighted by molar-refractivity contribution is 6.31. The van der Waals surface area contributed by atoms with Crippen LogP contribution in [0.4, 0.5) is 4.39 Å². The number of ketones is 1. The Kier molecular flexibility index (Phi) is 7.40. The van der Waals surface area contributed by atoms with Crippen LogP contribution in [0.5, 0.6) is 17.2 Å². The second kappa shape index (κ2) is 10.9. The Balaban J connectivity index is 1.58. The van der Waals surface area contributed by atoms with Crippen molar-refractivity contribution in [3.05, 3.63) is 99.7 Å². The number of carbonyl (C=O) groups is 2. The summed E-state index contributed by atoms with van der Waals surface area (Å²) < 4.78 is 30.1. The summed E-state index contributed by atoms with van der Waals surface area (Å²) in [6, 6.07) is 13.9. The van der Waals surface area contributed by atoms with Crippen LogP contribution in [0.25, 0.3) is 11.0 Å². The summed E-state index contributed by atoms with van der Waals surface area (Å²) in [4.78, 5) is 28.6. The molecule has 40 heavy (non-hydrogen) atoms. The van der Waals surface area contributed by atoms with E-state index in [9.17, 15) is 24.2 Å². The Morgan fingerprint density at radius 2 is 1.82 bits per heavy atom. The fraction of sp³-hybridized carbons (Fsp3) is 0.200. The van der Waals surface area contributed by atoms with Crippen molar-refractivity contribution in [1.29, 1.82) is 0 Å². The SMILES string of the molecule is CCOc1cc(C2C(C(=O)c3cc4cc(Cl)cc(OC)c4o3)=C(O)C(=O)N2CCc2ccc(F)cc2)ccc1O. The predicted octanol–water partition coefficient (Wildman–Crippen LogP) is 6.16. The second-order valence-electron chi connectivity index (χ2n) is 9.17. The van der Waals surface area contributed by atoms with E-state index in [0.29, 0.717) is 28.1 Å². The van der Waals surface area contributed by atoms with Crippen LogP contribution >= 0.6 is 11.6 Å². The van der Waals surface area contributed by atoms with Gasteiger partial charge in [0.05, 0.1) is 25.3 Å². The quantitative estimate of drug-likeness (QED) is 0.234. The highest BCUT2D eigenvalue weighted by Gasteiger charge is 2.44. The molecule has 10 heteroatoms. The third kappa shape index (κ3) is 4.96. The largest absolute Gasteiger partial charge is 0.504 e. The monoisotopic (exact) mass is 565 g/mol. The molecule has 2 N–H and O–H groups in total. The number of hydrogen-bond acceptors (Lipinski definition) is 7. The minimum absolute atomic E-state index is 0.102. The summed E-state index contributed by atoms with van der Waals surface area (Å²) in [5.74, 6) is -2.33. The van der Waals surface area contributed by atoms with Crippen molar-refractivity contribution in [2.24, 2.45) is 0 Å². The maximum Gasteiger partial charge on any atom is 0.290 e. The molecule has 0 spiro atoms. The summed E-state index contributed by atoms with van der Waals surface area (Å²) in [6.07, 6.45) is 0.327. The Morgan fingerprint density at radius 1 is 1.07 bits per heavy atom. The van der Waals surface area contributed by atoms with Crippen LogP contribution in [0.1, 0.15) is 34.6 Å². The molecule has 1 unspecified atom stereocenters. The van der Waals surface area contributed by atoms with Crippen molar-refractivity contribution in [2.45, 2.75) is 19.4 Å². The number of furan rings is 1. The molecule has 0 bridgehead atoms. The summed E-state index contributed by atoms with van der Waals surface area (Å²) in [7, 11) is 1.44. The number of hydrogen-bond donors (Lipinski definition) is 2. The molecule has 0 saturated heterocycles. The number of rotatable bonds is 9. The van der Waals surface area contributed by atoms with Gasteiger partial charge in [-0.15, -0.1) is 0 Å². The third-order valence-electron chi connectivity index (χ3n) is 6.69. The van der Waals surface area contributed by atoms with Gasteiger partial charge >= 0.3 is 0 Å². The number of aliphatic hydroxyl groups excluding tert-OH is 1. The molecule has 0 radical (unpaired) electrons. The van der Waals surface area contributed by atoms with Crippen molar-refractivity contribution >= 4 is 34.3 Å². The van der Waals surface area contributed by atoms with E-state index in [4.69, 9.17) is 25.5 Å². The number of aromatic hydroxyl groups is 1. The number of amides is 1. The van der Waals surface area contributed by atoms with Gasteiger partial charge < -0.3 is 29.0 Å². The van der Waals surface area contributed by atoms with Gasteiger partial charge in [-0.25, -0.2) is 4.39 Å². The molecule has 5 rings (SSSR count). The molecular weight excluding hydrogens is 541 g/mol. The van der Waals surface area contributed by atoms with Crippen LogP contribution < -0.4 is 9.47 Å². The molecule has 0 saturated carbocycles. The second-order valence-corrected chi connectivity index (χ2v) is 9.60. The fourth-order valence-corrected chi connectivity index (χ4v) is 5.03. The number of aliphatic hydroxyl groups is 1. The Hall–Kier alpha value is -4.50. The number of Topliss-reactive ketones (excluding diaryl/α,β-unsaturated/α-hetero) is 1. The van der Waals surface area contributed by atoms with E-state index in [2.05, 4.69) is 0 Å². The highest BCUT2D eigenvalue weighted by Crippen LogP contribution is 2.42. The molecule has 0 fully saturated rings. The third-order valence-corrected chi connectivity index (χ3v) is 6.91. The number of fused-ring (bicyclic) bond motifs is 1. The zero-order valence-corrected chi connectivity index (χ0v) is 22.4. The van der Waals surface area contributed by atoms with Gasteiger partial charge in [-0.2, -0.15) is 0 Å². The average molecular weight is 566 g/mol. The molecular formula is C30H25ClFNO7. The zero-order chi connectivity index (χ0) is 28.6. The van der Waals surface area contributed by atoms with Crippen molar-refractivity contribution in [1.82, 2.24) is 4.90 Å². The number of halogens is 2. The Labute approximate surface area is 233 Å². The van der Waals surface area contributed by atoms with Gasteiger partial charge in [0.15, 0.2) is 34.4 Å². The van der Waals surface area contributed by atoms with E-state index in [0.717, 1.165) is 5.56 Å². The van der Waals surface area contributed by atoms with Crippen LogP contribution in [-0.4, -0.2) is 47.1 Å². The molecule has 4 aromatic rings. The summed E-state index contributed by atoms with van der Waals surface area (Å²) >= 11 is 6.17. The maximum absolute atomic E-state index is 13.9. The molecule has 2 heterocycles.